The van der Waals surface area contributed by atoms with Crippen molar-refractivity contribution >= 4 is 7.75 Å². The Morgan fingerprint density at radius 2 is 1.76 bits per heavy atom. The third kappa shape index (κ3) is 10.8. The molecule has 0 saturated carbocycles. The molecule has 0 aliphatic carbocycles. The van der Waals surface area contributed by atoms with Crippen LogP contribution in [-0.4, -0.2) is 34.8 Å². The van der Waals surface area contributed by atoms with Crippen molar-refractivity contribution in [2.45, 2.75) is 103 Å². The second-order valence-electron chi connectivity index (χ2n) is 10.4. The first-order valence-electron chi connectivity index (χ1n) is 14.6. The SMILES string of the molecule is CCCCCCCCCCCCNP(=O)(OC[C@H]1O[C@@H](n2cc(C)c(=O)[nH]c2=O)C[C@@H]1N=[N+]=[N-])Oc1ccccc1. The number of aromatic amines is 1. The number of ether oxygens (including phenoxy) is 1. The molecule has 4 atom stereocenters. The lowest BCUT2D eigenvalue weighted by Crippen LogP contribution is -2.33. The maximum atomic E-state index is 13.7. The van der Waals surface area contributed by atoms with E-state index in [-0.39, 0.29) is 13.0 Å². The van der Waals surface area contributed by atoms with Gasteiger partial charge in [-0.05, 0) is 31.0 Å². The van der Waals surface area contributed by atoms with E-state index in [0.29, 0.717) is 17.9 Å². The summed E-state index contributed by atoms with van der Waals surface area (Å²) in [4.78, 5) is 29.3. The third-order valence-electron chi connectivity index (χ3n) is 7.07. The van der Waals surface area contributed by atoms with E-state index < -0.39 is 37.4 Å². The monoisotopic (exact) mass is 590 g/mol. The molecule has 0 amide bonds. The number of benzene rings is 1. The van der Waals surface area contributed by atoms with E-state index in [2.05, 4.69) is 27.0 Å². The number of hydrogen-bond donors (Lipinski definition) is 2. The lowest BCUT2D eigenvalue weighted by atomic mass is 10.1. The number of para-hydroxylation sites is 1. The highest BCUT2D eigenvalue weighted by atomic mass is 31.2. The summed E-state index contributed by atoms with van der Waals surface area (Å²) in [6.45, 7) is 4.04. The van der Waals surface area contributed by atoms with E-state index in [4.69, 9.17) is 19.3 Å². The molecule has 1 aromatic carbocycles. The van der Waals surface area contributed by atoms with Gasteiger partial charge in [-0.1, -0.05) is 88.0 Å². The zero-order chi connectivity index (χ0) is 29.5. The smallest absolute Gasteiger partial charge is 0.413 e. The number of nitrogens with one attached hydrogen (secondary N) is 2. The zero-order valence-electron chi connectivity index (χ0n) is 24.1. The number of azide groups is 1. The molecule has 41 heavy (non-hydrogen) atoms. The zero-order valence-corrected chi connectivity index (χ0v) is 25.0. The molecule has 2 aromatic rings. The average molecular weight is 591 g/mol. The summed E-state index contributed by atoms with van der Waals surface area (Å²) >= 11 is 0. The van der Waals surface area contributed by atoms with Crippen molar-refractivity contribution in [3.8, 4) is 5.75 Å². The van der Waals surface area contributed by atoms with Crippen molar-refractivity contribution in [2.75, 3.05) is 13.2 Å². The molecule has 3 rings (SSSR count). The van der Waals surface area contributed by atoms with Gasteiger partial charge in [0.2, 0.25) is 0 Å². The van der Waals surface area contributed by atoms with Crippen LogP contribution in [0.2, 0.25) is 0 Å². The first-order chi connectivity index (χ1) is 19.8. The van der Waals surface area contributed by atoms with Crippen LogP contribution in [-0.2, 0) is 13.8 Å². The first-order valence-corrected chi connectivity index (χ1v) is 16.2. The van der Waals surface area contributed by atoms with E-state index in [1.165, 1.54) is 55.7 Å². The van der Waals surface area contributed by atoms with Crippen LogP contribution in [0, 0.1) is 6.92 Å². The van der Waals surface area contributed by atoms with Gasteiger partial charge in [0.1, 0.15) is 12.0 Å². The normalized spacial score (nSPS) is 19.9. The van der Waals surface area contributed by atoms with Gasteiger partial charge in [-0.25, -0.2) is 14.4 Å². The summed E-state index contributed by atoms with van der Waals surface area (Å²) in [5.41, 5.74) is 8.30. The van der Waals surface area contributed by atoms with Gasteiger partial charge >= 0.3 is 13.4 Å². The second-order valence-corrected chi connectivity index (χ2v) is 12.2. The molecule has 1 fully saturated rings. The van der Waals surface area contributed by atoms with Gasteiger partial charge in [-0.2, -0.15) is 0 Å². The van der Waals surface area contributed by atoms with Crippen LogP contribution in [0.4, 0.5) is 0 Å². The molecule has 1 aromatic heterocycles. The van der Waals surface area contributed by atoms with E-state index in [1.807, 2.05) is 6.07 Å². The molecular weight excluding hydrogens is 547 g/mol. The summed E-state index contributed by atoms with van der Waals surface area (Å²) in [7, 11) is -3.81. The van der Waals surface area contributed by atoms with Crippen molar-refractivity contribution in [3.05, 3.63) is 73.4 Å². The highest BCUT2D eigenvalue weighted by molar-refractivity contribution is 7.52. The Kier molecular flexibility index (Phi) is 13.7. The lowest BCUT2D eigenvalue weighted by molar-refractivity contribution is -0.0240. The Labute approximate surface area is 241 Å². The van der Waals surface area contributed by atoms with Gasteiger partial charge in [-0.15, -0.1) is 0 Å². The molecular formula is C28H43N6O6P. The molecule has 2 N–H and O–H groups in total. The van der Waals surface area contributed by atoms with Crippen molar-refractivity contribution in [2.24, 2.45) is 5.11 Å². The summed E-state index contributed by atoms with van der Waals surface area (Å²) in [5.74, 6) is 0.387. The fourth-order valence-electron chi connectivity index (χ4n) is 4.75. The summed E-state index contributed by atoms with van der Waals surface area (Å²) in [6, 6.07) is 8.06. The number of H-pyrrole nitrogens is 1. The lowest BCUT2D eigenvalue weighted by Gasteiger charge is -2.23. The Morgan fingerprint density at radius 3 is 2.41 bits per heavy atom. The Morgan fingerprint density at radius 1 is 1.10 bits per heavy atom. The largest absolute Gasteiger partial charge is 0.458 e. The van der Waals surface area contributed by atoms with E-state index >= 15 is 0 Å². The fraction of sp³-hybridized carbons (Fsp3) is 0.643. The maximum absolute atomic E-state index is 13.7. The number of aromatic nitrogens is 2. The minimum atomic E-state index is -3.81. The van der Waals surface area contributed by atoms with Crippen LogP contribution < -0.4 is 20.9 Å². The van der Waals surface area contributed by atoms with Crippen LogP contribution in [0.5, 0.6) is 5.75 Å². The predicted molar refractivity (Wildman–Crippen MR) is 158 cm³/mol. The van der Waals surface area contributed by atoms with E-state index in [9.17, 15) is 14.2 Å². The molecule has 0 radical (unpaired) electrons. The topological polar surface area (TPSA) is 160 Å². The van der Waals surface area contributed by atoms with E-state index in [1.54, 1.807) is 31.2 Å². The minimum absolute atomic E-state index is 0.180. The van der Waals surface area contributed by atoms with Gasteiger partial charge in [-0.3, -0.25) is 18.9 Å². The van der Waals surface area contributed by atoms with Crippen molar-refractivity contribution < 1.29 is 18.3 Å². The van der Waals surface area contributed by atoms with Crippen LogP contribution in [0.3, 0.4) is 0 Å². The van der Waals surface area contributed by atoms with E-state index in [0.717, 1.165) is 19.3 Å². The molecule has 13 heteroatoms. The van der Waals surface area contributed by atoms with Crippen molar-refractivity contribution in [1.29, 1.82) is 0 Å². The predicted octanol–water partition coefficient (Wildman–Crippen LogP) is 6.53. The van der Waals surface area contributed by atoms with Gasteiger partial charge in [0.25, 0.3) is 5.56 Å². The molecule has 0 bridgehead atoms. The van der Waals surface area contributed by atoms with Crippen molar-refractivity contribution in [1.82, 2.24) is 14.6 Å². The molecule has 12 nitrogen and oxygen atoms in total. The standard InChI is InChI=1S/C28H43N6O6P/c1-3-4-5-6-7-8-9-10-11-15-18-30-41(37,40-23-16-13-12-14-17-23)38-21-25-24(32-33-29)19-26(39-25)34-20-22(2)27(35)31-28(34)36/h12-14,16-17,20,24-26H,3-11,15,18-19,21H2,1-2H3,(H,30,37)(H,31,35,36)/t24-,25+,26+,41?/m0/s1. The van der Waals surface area contributed by atoms with Gasteiger partial charge in [0.05, 0.1) is 18.8 Å². The molecule has 226 valence electrons. The number of aryl methyl sites for hydroxylation is 1. The van der Waals surface area contributed by atoms with Crippen molar-refractivity contribution in [3.63, 3.8) is 0 Å². The molecule has 0 spiro atoms. The Balaban J connectivity index is 1.56. The van der Waals surface area contributed by atoms with Crippen LogP contribution in [0.15, 0.2) is 51.2 Å². The van der Waals surface area contributed by atoms with Crippen LogP contribution in [0.25, 0.3) is 10.4 Å². The molecule has 1 aliphatic rings. The van der Waals surface area contributed by atoms with Gasteiger partial charge < -0.3 is 9.26 Å². The quantitative estimate of drug-likeness (QED) is 0.0618. The number of rotatable bonds is 19. The minimum Gasteiger partial charge on any atom is -0.413 e. The first kappa shape index (κ1) is 32.6. The van der Waals surface area contributed by atoms with Gasteiger partial charge in [0.15, 0.2) is 0 Å². The summed E-state index contributed by atoms with van der Waals surface area (Å²) in [6.07, 6.45) is 11.9. The molecule has 1 saturated heterocycles. The van der Waals surface area contributed by atoms with Gasteiger partial charge in [0, 0.05) is 29.6 Å². The summed E-state index contributed by atoms with van der Waals surface area (Å²) in [5, 5.41) is 6.77. The highest BCUT2D eigenvalue weighted by Crippen LogP contribution is 2.45. The summed E-state index contributed by atoms with van der Waals surface area (Å²) < 4.78 is 32.6. The number of nitrogens with zero attached hydrogens (tertiary/aromatic N) is 4. The number of hydrogen-bond acceptors (Lipinski definition) is 7. The molecule has 1 aliphatic heterocycles. The Hall–Kier alpha value is -2.88. The van der Waals surface area contributed by atoms with Crippen LogP contribution >= 0.6 is 7.75 Å². The third-order valence-corrected chi connectivity index (χ3v) is 8.62. The average Bonchev–Trinajstić information content (AvgIpc) is 3.36. The Bertz CT molecular complexity index is 1280. The fourth-order valence-corrected chi connectivity index (χ4v) is 6.13. The second kappa shape index (κ2) is 17.2. The molecule has 2 heterocycles. The van der Waals surface area contributed by atoms with Crippen LogP contribution in [0.1, 0.15) is 89.3 Å². The number of unbranched alkanes of at least 4 members (excludes halogenated alkanes) is 9. The highest BCUT2D eigenvalue weighted by Gasteiger charge is 2.39. The maximum Gasteiger partial charge on any atom is 0.458 e. The molecule has 1 unspecified atom stereocenters.